The number of nitrogens with zero attached hydrogens (tertiary/aromatic N) is 3. The second-order valence-corrected chi connectivity index (χ2v) is 8.72. The maximum atomic E-state index is 12.2. The van der Waals surface area contributed by atoms with Crippen LogP contribution in [0.3, 0.4) is 0 Å². The minimum absolute atomic E-state index is 0.263. The average Bonchev–Trinajstić information content (AvgIpc) is 3.10. The monoisotopic (exact) mass is 392 g/mol. The summed E-state index contributed by atoms with van der Waals surface area (Å²) < 4.78 is 5.45. The number of fused-ring (bicyclic) bond motifs is 1. The van der Waals surface area contributed by atoms with Crippen LogP contribution in [-0.4, -0.2) is 45.7 Å². The molecule has 2 aromatic rings. The third-order valence-corrected chi connectivity index (χ3v) is 5.27. The lowest BCUT2D eigenvalue weighted by atomic mass is 10.0. The summed E-state index contributed by atoms with van der Waals surface area (Å²) in [5.41, 5.74) is 4.52. The molecule has 6 nitrogen and oxygen atoms in total. The molecule has 2 aliphatic rings. The van der Waals surface area contributed by atoms with Crippen molar-refractivity contribution in [1.82, 2.24) is 14.9 Å². The average molecular weight is 393 g/mol. The smallest absolute Gasteiger partial charge is 0.410 e. The number of benzene rings is 1. The van der Waals surface area contributed by atoms with Gasteiger partial charge in [-0.3, -0.25) is 0 Å². The number of ether oxygens (including phenoxy) is 1. The molecule has 0 radical (unpaired) electrons. The van der Waals surface area contributed by atoms with Crippen LogP contribution in [-0.2, 0) is 17.6 Å². The van der Waals surface area contributed by atoms with Gasteiger partial charge in [0.1, 0.15) is 5.60 Å². The summed E-state index contributed by atoms with van der Waals surface area (Å²) in [4.78, 5) is 22.9. The first-order valence-electron chi connectivity index (χ1n) is 10.2. The van der Waals surface area contributed by atoms with E-state index in [1.165, 1.54) is 16.7 Å². The lowest BCUT2D eigenvalue weighted by Crippen LogP contribution is -2.39. The minimum atomic E-state index is -0.474. The van der Waals surface area contributed by atoms with Gasteiger partial charge in [-0.15, -0.1) is 0 Å². The third-order valence-electron chi connectivity index (χ3n) is 5.27. The van der Waals surface area contributed by atoms with Gasteiger partial charge in [-0.25, -0.2) is 14.8 Å². The van der Waals surface area contributed by atoms with Gasteiger partial charge >= 0.3 is 6.09 Å². The van der Waals surface area contributed by atoms with E-state index >= 15 is 0 Å². The molecule has 4 rings (SSSR count). The highest BCUT2D eigenvalue weighted by molar-refractivity contribution is 5.72. The van der Waals surface area contributed by atoms with Crippen molar-refractivity contribution in [1.29, 1.82) is 0 Å². The molecule has 6 heteroatoms. The number of hydrogen-bond acceptors (Lipinski definition) is 5. The van der Waals surface area contributed by atoms with E-state index in [4.69, 9.17) is 4.74 Å². The Bertz CT molecular complexity index is 890. The molecule has 0 fully saturated rings. The van der Waals surface area contributed by atoms with Gasteiger partial charge < -0.3 is 15.0 Å². The molecular weight excluding hydrogens is 364 g/mol. The van der Waals surface area contributed by atoms with Crippen molar-refractivity contribution in [3.8, 4) is 0 Å². The minimum Gasteiger partial charge on any atom is -0.444 e. The van der Waals surface area contributed by atoms with Gasteiger partial charge in [0.15, 0.2) is 0 Å². The first-order valence-corrected chi connectivity index (χ1v) is 10.2. The van der Waals surface area contributed by atoms with Crippen LogP contribution < -0.4 is 5.32 Å². The van der Waals surface area contributed by atoms with E-state index in [9.17, 15) is 4.79 Å². The Morgan fingerprint density at radius 3 is 2.34 bits per heavy atom. The van der Waals surface area contributed by atoms with E-state index in [1.54, 1.807) is 4.90 Å². The zero-order valence-corrected chi connectivity index (χ0v) is 17.3. The van der Waals surface area contributed by atoms with Crippen LogP contribution in [0.1, 0.15) is 43.9 Å². The number of amides is 1. The van der Waals surface area contributed by atoms with Gasteiger partial charge in [0.2, 0.25) is 5.95 Å². The molecular formula is C23H28N4O2. The fraction of sp³-hybridized carbons (Fsp3) is 0.435. The molecule has 1 aliphatic heterocycles. The summed E-state index contributed by atoms with van der Waals surface area (Å²) >= 11 is 0. The van der Waals surface area contributed by atoms with Gasteiger partial charge in [0.05, 0.1) is 0 Å². The number of hydrogen-bond donors (Lipinski definition) is 1. The van der Waals surface area contributed by atoms with E-state index in [1.807, 2.05) is 33.2 Å². The fourth-order valence-electron chi connectivity index (χ4n) is 3.84. The first-order chi connectivity index (χ1) is 13.9. The second-order valence-electron chi connectivity index (χ2n) is 8.72. The molecule has 2 heterocycles. The van der Waals surface area contributed by atoms with E-state index in [0.29, 0.717) is 25.1 Å². The van der Waals surface area contributed by atoms with Gasteiger partial charge in [0.25, 0.3) is 0 Å². The summed E-state index contributed by atoms with van der Waals surface area (Å²) in [5, 5.41) is 3.45. The number of nitrogens with one attached hydrogen (secondary N) is 1. The van der Waals surface area contributed by atoms with Crippen LogP contribution in [0.5, 0.6) is 0 Å². The maximum absolute atomic E-state index is 12.2. The Labute approximate surface area is 172 Å². The molecule has 0 bridgehead atoms. The molecule has 1 aliphatic carbocycles. The lowest BCUT2D eigenvalue weighted by Gasteiger charge is -2.29. The highest BCUT2D eigenvalue weighted by Gasteiger charge is 2.24. The van der Waals surface area contributed by atoms with E-state index in [0.717, 1.165) is 24.8 Å². The van der Waals surface area contributed by atoms with Gasteiger partial charge in [-0.05, 0) is 56.7 Å². The zero-order valence-electron chi connectivity index (χ0n) is 17.3. The van der Waals surface area contributed by atoms with Crippen molar-refractivity contribution in [2.24, 2.45) is 0 Å². The predicted molar refractivity (Wildman–Crippen MR) is 114 cm³/mol. The van der Waals surface area contributed by atoms with Crippen LogP contribution in [0, 0.1) is 0 Å². The summed E-state index contributed by atoms with van der Waals surface area (Å²) in [5.74, 6) is 0.665. The number of carbonyl (C=O) groups excluding carboxylic acids is 1. The molecule has 1 amide bonds. The number of carbonyl (C=O) groups is 1. The standard InChI is InChI=1S/C23H28N4O2/c1-23(2,3)29-22(28)27-10-8-16(9-11-27)19-14-24-21(25-15-19)26-20-12-17-6-4-5-7-18(17)13-20/h4-8,14-15,20H,9-13H2,1-3H3,(H,24,25,26). The van der Waals surface area contributed by atoms with E-state index < -0.39 is 5.60 Å². The Balaban J connectivity index is 1.34. The topological polar surface area (TPSA) is 67.3 Å². The SMILES string of the molecule is CC(C)(C)OC(=O)N1CC=C(c2cnc(NC3Cc4ccccc4C3)nc2)CC1. The molecule has 0 saturated heterocycles. The Morgan fingerprint density at radius 1 is 1.14 bits per heavy atom. The largest absolute Gasteiger partial charge is 0.444 e. The molecule has 29 heavy (non-hydrogen) atoms. The van der Waals surface area contributed by atoms with Crippen LogP contribution in [0.15, 0.2) is 42.7 Å². The second kappa shape index (κ2) is 7.85. The predicted octanol–water partition coefficient (Wildman–Crippen LogP) is 4.08. The Kier molecular flexibility index (Phi) is 5.26. The first kappa shape index (κ1) is 19.4. The highest BCUT2D eigenvalue weighted by atomic mass is 16.6. The van der Waals surface area contributed by atoms with Gasteiger partial charge in [-0.1, -0.05) is 30.3 Å². The highest BCUT2D eigenvalue weighted by Crippen LogP contribution is 2.25. The van der Waals surface area contributed by atoms with Crippen LogP contribution in [0.2, 0.25) is 0 Å². The number of anilines is 1. The quantitative estimate of drug-likeness (QED) is 0.852. The molecule has 1 N–H and O–H groups in total. The normalized spacial score (nSPS) is 16.9. The van der Waals surface area contributed by atoms with Crippen LogP contribution in [0.4, 0.5) is 10.7 Å². The summed E-state index contributed by atoms with van der Waals surface area (Å²) in [6.45, 7) is 6.83. The molecule has 0 atom stereocenters. The zero-order chi connectivity index (χ0) is 20.4. The number of rotatable bonds is 3. The Morgan fingerprint density at radius 2 is 1.79 bits per heavy atom. The number of aromatic nitrogens is 2. The third kappa shape index (κ3) is 4.75. The van der Waals surface area contributed by atoms with Crippen molar-refractivity contribution in [3.63, 3.8) is 0 Å². The van der Waals surface area contributed by atoms with Gasteiger partial charge in [-0.2, -0.15) is 0 Å². The molecule has 0 unspecified atom stereocenters. The summed E-state index contributed by atoms with van der Waals surface area (Å²) in [7, 11) is 0. The molecule has 152 valence electrons. The Hall–Kier alpha value is -2.89. The van der Waals surface area contributed by atoms with E-state index in [-0.39, 0.29) is 6.09 Å². The van der Waals surface area contributed by atoms with Crippen molar-refractivity contribution in [3.05, 3.63) is 59.4 Å². The molecule has 0 spiro atoms. The van der Waals surface area contributed by atoms with Crippen LogP contribution in [0.25, 0.3) is 5.57 Å². The van der Waals surface area contributed by atoms with Crippen molar-refractivity contribution in [2.45, 2.75) is 51.7 Å². The maximum Gasteiger partial charge on any atom is 0.410 e. The molecule has 0 saturated carbocycles. The fourth-order valence-corrected chi connectivity index (χ4v) is 3.84. The summed E-state index contributed by atoms with van der Waals surface area (Å²) in [6, 6.07) is 8.91. The lowest BCUT2D eigenvalue weighted by molar-refractivity contribution is 0.0270. The molecule has 1 aromatic carbocycles. The van der Waals surface area contributed by atoms with Crippen molar-refractivity contribution >= 4 is 17.6 Å². The summed E-state index contributed by atoms with van der Waals surface area (Å²) in [6.07, 6.45) is 8.32. The van der Waals surface area contributed by atoms with E-state index in [2.05, 4.69) is 45.6 Å². The van der Waals surface area contributed by atoms with Gasteiger partial charge in [0, 0.05) is 37.1 Å². The van der Waals surface area contributed by atoms with Crippen molar-refractivity contribution < 1.29 is 9.53 Å². The van der Waals surface area contributed by atoms with Crippen molar-refractivity contribution in [2.75, 3.05) is 18.4 Å². The van der Waals surface area contributed by atoms with Crippen LogP contribution >= 0.6 is 0 Å². The molecule has 1 aromatic heterocycles.